The minimum absolute atomic E-state index is 0.0395. The minimum Gasteiger partial charge on any atom is -0.453 e. The van der Waals surface area contributed by atoms with Crippen molar-refractivity contribution in [3.63, 3.8) is 0 Å². The molecule has 0 unspecified atom stereocenters. The molecule has 2 aromatic carbocycles. The SMILES string of the molecule is CC(C)N1CCC(CC#Cc2c(Oc3ccc(NC(=O)c4cn(C(C)C)c(=O)n(-c5ccc(F)cc5)c4=O)cc3F)ccnc2N)CC1. The molecule has 3 N–H and O–H groups in total. The third-order valence-electron chi connectivity index (χ3n) is 8.33. The molecule has 0 bridgehead atoms. The number of carbonyl (C=O) groups is 1. The first-order valence-electron chi connectivity index (χ1n) is 15.8. The molecule has 0 saturated carbocycles. The summed E-state index contributed by atoms with van der Waals surface area (Å²) < 4.78 is 36.7. The van der Waals surface area contributed by atoms with Crippen LogP contribution in [-0.4, -0.2) is 44.1 Å². The van der Waals surface area contributed by atoms with E-state index in [1.54, 1.807) is 19.9 Å². The lowest BCUT2D eigenvalue weighted by atomic mass is 9.93. The summed E-state index contributed by atoms with van der Waals surface area (Å²) in [7, 11) is 0. The molecule has 0 radical (unpaired) electrons. The van der Waals surface area contributed by atoms with E-state index in [1.807, 2.05) is 0 Å². The number of anilines is 2. The Labute approximate surface area is 277 Å². The molecule has 1 aliphatic heterocycles. The molecule has 4 aromatic rings. The molecule has 48 heavy (non-hydrogen) atoms. The van der Waals surface area contributed by atoms with Gasteiger partial charge < -0.3 is 20.7 Å². The van der Waals surface area contributed by atoms with Gasteiger partial charge in [0, 0.05) is 48.7 Å². The number of nitrogen functional groups attached to an aromatic ring is 1. The Morgan fingerprint density at radius 2 is 1.73 bits per heavy atom. The van der Waals surface area contributed by atoms with E-state index < -0.39 is 34.8 Å². The Morgan fingerprint density at radius 1 is 1.02 bits per heavy atom. The quantitative estimate of drug-likeness (QED) is 0.232. The van der Waals surface area contributed by atoms with Gasteiger partial charge in [-0.15, -0.1) is 0 Å². The average molecular weight is 657 g/mol. The lowest BCUT2D eigenvalue weighted by Crippen LogP contribution is -2.42. The second-order valence-electron chi connectivity index (χ2n) is 12.3. The first-order valence-corrected chi connectivity index (χ1v) is 15.8. The Kier molecular flexibility index (Phi) is 10.4. The van der Waals surface area contributed by atoms with Gasteiger partial charge in [0.15, 0.2) is 11.6 Å². The van der Waals surface area contributed by atoms with Crippen LogP contribution < -0.4 is 27.0 Å². The lowest BCUT2D eigenvalue weighted by Gasteiger charge is -2.33. The number of amides is 1. The van der Waals surface area contributed by atoms with Crippen LogP contribution in [0.15, 0.2) is 70.5 Å². The number of likely N-dealkylation sites (tertiary alicyclic amines) is 1. The van der Waals surface area contributed by atoms with Crippen molar-refractivity contribution in [2.24, 2.45) is 5.92 Å². The molecule has 1 amide bonds. The fraction of sp³-hybridized carbons (Fsp3) is 0.333. The molecule has 0 aliphatic carbocycles. The third-order valence-corrected chi connectivity index (χ3v) is 8.33. The largest absolute Gasteiger partial charge is 0.453 e. The molecular weight excluding hydrogens is 618 g/mol. The van der Waals surface area contributed by atoms with Crippen LogP contribution in [0.2, 0.25) is 0 Å². The van der Waals surface area contributed by atoms with Gasteiger partial charge >= 0.3 is 5.69 Å². The smallest absolute Gasteiger partial charge is 0.335 e. The van der Waals surface area contributed by atoms with Crippen LogP contribution in [-0.2, 0) is 0 Å². The van der Waals surface area contributed by atoms with Gasteiger partial charge in [0.25, 0.3) is 11.5 Å². The molecule has 0 atom stereocenters. The van der Waals surface area contributed by atoms with Crippen LogP contribution >= 0.6 is 0 Å². The van der Waals surface area contributed by atoms with E-state index in [0.29, 0.717) is 23.9 Å². The van der Waals surface area contributed by atoms with Crippen molar-refractivity contribution in [2.75, 3.05) is 24.1 Å². The molecule has 1 aliphatic rings. The Bertz CT molecular complexity index is 1990. The Hall–Kier alpha value is -5.28. The van der Waals surface area contributed by atoms with Crippen molar-refractivity contribution < 1.29 is 18.3 Å². The van der Waals surface area contributed by atoms with Gasteiger partial charge in [-0.2, -0.15) is 0 Å². The Balaban J connectivity index is 1.34. The summed E-state index contributed by atoms with van der Waals surface area (Å²) in [6, 6.07) is 10.2. The van der Waals surface area contributed by atoms with Crippen molar-refractivity contribution in [1.82, 2.24) is 19.0 Å². The average Bonchev–Trinajstić information content (AvgIpc) is 3.04. The number of nitrogens with one attached hydrogen (secondary N) is 1. The monoisotopic (exact) mass is 656 g/mol. The zero-order valence-electron chi connectivity index (χ0n) is 27.3. The molecule has 0 spiro atoms. The van der Waals surface area contributed by atoms with Crippen LogP contribution in [0.4, 0.5) is 20.3 Å². The van der Waals surface area contributed by atoms with Crippen LogP contribution in [0.3, 0.4) is 0 Å². The lowest BCUT2D eigenvalue weighted by molar-refractivity contribution is 0.102. The molecule has 250 valence electrons. The number of hydrogen-bond acceptors (Lipinski definition) is 7. The van der Waals surface area contributed by atoms with Crippen LogP contribution in [0, 0.1) is 29.4 Å². The van der Waals surface area contributed by atoms with Crippen molar-refractivity contribution in [3.05, 3.63) is 105 Å². The number of nitrogens with two attached hydrogens (primary N) is 1. The van der Waals surface area contributed by atoms with E-state index in [9.17, 15) is 18.8 Å². The second-order valence-corrected chi connectivity index (χ2v) is 12.3. The van der Waals surface area contributed by atoms with Gasteiger partial charge in [0.1, 0.15) is 28.5 Å². The predicted molar refractivity (Wildman–Crippen MR) is 181 cm³/mol. The predicted octanol–water partition coefficient (Wildman–Crippen LogP) is 5.74. The van der Waals surface area contributed by atoms with E-state index in [-0.39, 0.29) is 34.3 Å². The fourth-order valence-electron chi connectivity index (χ4n) is 5.52. The number of rotatable bonds is 8. The van der Waals surface area contributed by atoms with Gasteiger partial charge in [0.2, 0.25) is 0 Å². The molecule has 12 heteroatoms. The highest BCUT2D eigenvalue weighted by Crippen LogP contribution is 2.31. The third kappa shape index (κ3) is 7.64. The number of piperidine rings is 1. The first-order chi connectivity index (χ1) is 22.9. The standard InChI is InChI=1S/C36H38F2N6O4/c1-22(2)42-18-15-24(16-19-42)6-5-7-28-31(14-17-40-33(28)39)48-32-13-10-26(20-30(32)38)41-34(45)29-21-43(23(3)4)36(47)44(35(29)46)27-11-8-25(37)9-12-27/h8-14,17,20-24H,6,15-16,18-19H2,1-4H3,(H2,39,40)(H,41,45). The number of aromatic nitrogens is 3. The highest BCUT2D eigenvalue weighted by atomic mass is 19.1. The van der Waals surface area contributed by atoms with Crippen LogP contribution in [0.25, 0.3) is 5.69 Å². The van der Waals surface area contributed by atoms with Crippen molar-refractivity contribution in [1.29, 1.82) is 0 Å². The van der Waals surface area contributed by atoms with Crippen LogP contribution in [0.1, 0.15) is 68.9 Å². The summed E-state index contributed by atoms with van der Waals surface area (Å²) in [6.45, 7) is 9.91. The van der Waals surface area contributed by atoms with Crippen molar-refractivity contribution in [3.8, 4) is 29.0 Å². The summed E-state index contributed by atoms with van der Waals surface area (Å²) in [6.07, 6.45) is 5.44. The molecular formula is C36H38F2N6O4. The molecule has 1 saturated heterocycles. The summed E-state index contributed by atoms with van der Waals surface area (Å²) >= 11 is 0. The Morgan fingerprint density at radius 3 is 2.38 bits per heavy atom. The number of carbonyl (C=O) groups excluding carboxylic acids is 1. The molecule has 10 nitrogen and oxygen atoms in total. The summed E-state index contributed by atoms with van der Waals surface area (Å²) in [5.74, 6) is 4.79. The van der Waals surface area contributed by atoms with E-state index in [0.717, 1.165) is 54.9 Å². The van der Waals surface area contributed by atoms with Gasteiger partial charge in [-0.1, -0.05) is 11.8 Å². The van der Waals surface area contributed by atoms with E-state index in [1.165, 1.54) is 35.0 Å². The van der Waals surface area contributed by atoms with E-state index >= 15 is 4.39 Å². The number of nitrogens with zero attached hydrogens (tertiary/aromatic N) is 4. The summed E-state index contributed by atoms with van der Waals surface area (Å²) in [5, 5.41) is 2.51. The zero-order chi connectivity index (χ0) is 34.5. The van der Waals surface area contributed by atoms with E-state index in [4.69, 9.17) is 10.5 Å². The highest BCUT2D eigenvalue weighted by Gasteiger charge is 2.22. The van der Waals surface area contributed by atoms with Gasteiger partial charge in [0.05, 0.1) is 5.69 Å². The molecule has 5 rings (SSSR count). The summed E-state index contributed by atoms with van der Waals surface area (Å²) in [4.78, 5) is 46.3. The fourth-order valence-corrected chi connectivity index (χ4v) is 5.52. The van der Waals surface area contributed by atoms with Crippen molar-refractivity contribution >= 4 is 17.4 Å². The normalized spacial score (nSPS) is 13.8. The number of pyridine rings is 1. The maximum absolute atomic E-state index is 15.3. The minimum atomic E-state index is -0.911. The first kappa shape index (κ1) is 34.1. The van der Waals surface area contributed by atoms with Gasteiger partial charge in [-0.3, -0.25) is 14.2 Å². The van der Waals surface area contributed by atoms with Gasteiger partial charge in [-0.05, 0) is 95.9 Å². The highest BCUT2D eigenvalue weighted by molar-refractivity contribution is 6.03. The zero-order valence-corrected chi connectivity index (χ0v) is 27.3. The number of halogens is 2. The summed E-state index contributed by atoms with van der Waals surface area (Å²) in [5.41, 5.74) is 4.63. The second kappa shape index (κ2) is 14.6. The number of hydrogen-bond donors (Lipinski definition) is 2. The maximum atomic E-state index is 15.3. The molecule has 3 heterocycles. The topological polar surface area (TPSA) is 124 Å². The van der Waals surface area contributed by atoms with Gasteiger partial charge in [-0.25, -0.2) is 23.1 Å². The maximum Gasteiger partial charge on any atom is 0.335 e. The van der Waals surface area contributed by atoms with Crippen molar-refractivity contribution in [2.45, 2.75) is 59.0 Å². The van der Waals surface area contributed by atoms with Crippen LogP contribution in [0.5, 0.6) is 11.5 Å². The van der Waals surface area contributed by atoms with E-state index in [2.05, 4.69) is 40.9 Å². The number of benzene rings is 2. The molecule has 2 aromatic heterocycles. The molecule has 1 fully saturated rings. The number of ether oxygens (including phenoxy) is 1.